The number of hydrogen-bond donors (Lipinski definition) is 1. The molecule has 1 amide bonds. The van der Waals surface area contributed by atoms with Gasteiger partial charge in [0, 0.05) is 24.5 Å². The Morgan fingerprint density at radius 1 is 1.27 bits per heavy atom. The predicted octanol–water partition coefficient (Wildman–Crippen LogP) is 3.48. The Morgan fingerprint density at radius 3 is 2.77 bits per heavy atom. The van der Waals surface area contributed by atoms with Gasteiger partial charge in [0.05, 0.1) is 6.26 Å². The van der Waals surface area contributed by atoms with Crippen LogP contribution in [0.15, 0.2) is 47.1 Å². The summed E-state index contributed by atoms with van der Waals surface area (Å²) in [5.41, 5.74) is 1.93. The van der Waals surface area contributed by atoms with Crippen molar-refractivity contribution in [3.63, 3.8) is 0 Å². The Labute approximate surface area is 135 Å². The van der Waals surface area contributed by atoms with Crippen molar-refractivity contribution in [3.8, 4) is 0 Å². The largest absolute Gasteiger partial charge is 0.467 e. The second kappa shape index (κ2) is 9.33. The SMILES string of the molecule is CSCc1ccc(C(=O)NCCCOCc2ccco2)cc1. The predicted molar refractivity (Wildman–Crippen MR) is 89.0 cm³/mol. The molecular formula is C17H21NO3S. The van der Waals surface area contributed by atoms with Crippen LogP contribution in [0.1, 0.15) is 28.1 Å². The third-order valence-corrected chi connectivity index (χ3v) is 3.72. The number of rotatable bonds is 9. The van der Waals surface area contributed by atoms with Crippen LogP contribution in [-0.2, 0) is 17.1 Å². The second-order valence-electron chi connectivity index (χ2n) is 4.87. The third kappa shape index (κ3) is 5.58. The number of nitrogens with one attached hydrogen (secondary N) is 1. The molecule has 0 spiro atoms. The number of carbonyl (C=O) groups excluding carboxylic acids is 1. The van der Waals surface area contributed by atoms with E-state index in [-0.39, 0.29) is 5.91 Å². The number of benzene rings is 1. The van der Waals surface area contributed by atoms with Gasteiger partial charge < -0.3 is 14.5 Å². The number of carbonyl (C=O) groups is 1. The van der Waals surface area contributed by atoms with Crippen LogP contribution in [-0.4, -0.2) is 25.3 Å². The molecule has 0 radical (unpaired) electrons. The van der Waals surface area contributed by atoms with Crippen LogP contribution < -0.4 is 5.32 Å². The molecule has 5 heteroatoms. The molecule has 22 heavy (non-hydrogen) atoms. The zero-order chi connectivity index (χ0) is 15.6. The van der Waals surface area contributed by atoms with Crippen molar-refractivity contribution in [2.45, 2.75) is 18.8 Å². The van der Waals surface area contributed by atoms with E-state index in [1.165, 1.54) is 5.56 Å². The molecule has 1 aromatic carbocycles. The molecule has 4 nitrogen and oxygen atoms in total. The fourth-order valence-corrected chi connectivity index (χ4v) is 2.49. The highest BCUT2D eigenvalue weighted by atomic mass is 32.2. The van der Waals surface area contributed by atoms with Crippen LogP contribution in [0.5, 0.6) is 0 Å². The molecule has 0 saturated heterocycles. The minimum Gasteiger partial charge on any atom is -0.467 e. The fourth-order valence-electron chi connectivity index (χ4n) is 1.96. The van der Waals surface area contributed by atoms with Crippen molar-refractivity contribution < 1.29 is 13.9 Å². The zero-order valence-corrected chi connectivity index (χ0v) is 13.5. The molecule has 0 aliphatic rings. The topological polar surface area (TPSA) is 51.5 Å². The van der Waals surface area contributed by atoms with E-state index < -0.39 is 0 Å². The van der Waals surface area contributed by atoms with Gasteiger partial charge in [0.1, 0.15) is 12.4 Å². The lowest BCUT2D eigenvalue weighted by atomic mass is 10.1. The molecule has 1 aromatic heterocycles. The summed E-state index contributed by atoms with van der Waals surface area (Å²) >= 11 is 1.77. The molecule has 0 atom stereocenters. The van der Waals surface area contributed by atoms with Crippen LogP contribution in [0, 0.1) is 0 Å². The first-order valence-electron chi connectivity index (χ1n) is 7.26. The third-order valence-electron chi connectivity index (χ3n) is 3.10. The maximum Gasteiger partial charge on any atom is 0.251 e. The summed E-state index contributed by atoms with van der Waals surface area (Å²) in [6, 6.07) is 11.4. The molecule has 0 aliphatic carbocycles. The molecule has 2 rings (SSSR count). The Hall–Kier alpha value is -1.72. The number of ether oxygens (including phenoxy) is 1. The summed E-state index contributed by atoms with van der Waals surface area (Å²) < 4.78 is 10.6. The quantitative estimate of drug-likeness (QED) is 0.719. The van der Waals surface area contributed by atoms with Crippen LogP contribution in [0.25, 0.3) is 0 Å². The van der Waals surface area contributed by atoms with Gasteiger partial charge in [0.2, 0.25) is 0 Å². The van der Waals surface area contributed by atoms with Crippen molar-refractivity contribution in [1.82, 2.24) is 5.32 Å². The van der Waals surface area contributed by atoms with Gasteiger partial charge in [-0.15, -0.1) is 0 Å². The van der Waals surface area contributed by atoms with E-state index in [4.69, 9.17) is 9.15 Å². The average Bonchev–Trinajstić information content (AvgIpc) is 3.05. The van der Waals surface area contributed by atoms with Crippen LogP contribution in [0.2, 0.25) is 0 Å². The molecule has 1 heterocycles. The fraction of sp³-hybridized carbons (Fsp3) is 0.353. The van der Waals surface area contributed by atoms with Gasteiger partial charge in [0.15, 0.2) is 0 Å². The lowest BCUT2D eigenvalue weighted by Gasteiger charge is -2.06. The molecule has 0 aliphatic heterocycles. The number of amides is 1. The molecule has 118 valence electrons. The summed E-state index contributed by atoms with van der Waals surface area (Å²) in [6.07, 6.45) is 4.47. The number of furan rings is 1. The number of hydrogen-bond acceptors (Lipinski definition) is 4. The first-order chi connectivity index (χ1) is 10.8. The zero-order valence-electron chi connectivity index (χ0n) is 12.7. The first-order valence-corrected chi connectivity index (χ1v) is 8.65. The monoisotopic (exact) mass is 319 g/mol. The maximum absolute atomic E-state index is 12.0. The molecule has 0 saturated carbocycles. The highest BCUT2D eigenvalue weighted by Crippen LogP contribution is 2.10. The van der Waals surface area contributed by atoms with Crippen LogP contribution in [0.3, 0.4) is 0 Å². The molecule has 2 aromatic rings. The van der Waals surface area contributed by atoms with E-state index in [1.54, 1.807) is 18.0 Å². The van der Waals surface area contributed by atoms with Gasteiger partial charge in [-0.05, 0) is 42.5 Å². The maximum atomic E-state index is 12.0. The Morgan fingerprint density at radius 2 is 2.09 bits per heavy atom. The van der Waals surface area contributed by atoms with Crippen molar-refractivity contribution in [2.75, 3.05) is 19.4 Å². The molecule has 0 fully saturated rings. The first kappa shape index (κ1) is 16.6. The Balaban J connectivity index is 1.60. The van der Waals surface area contributed by atoms with Crippen molar-refractivity contribution in [1.29, 1.82) is 0 Å². The highest BCUT2D eigenvalue weighted by Gasteiger charge is 2.04. The standard InChI is InChI=1S/C17H21NO3S/c1-22-13-14-5-7-15(8-6-14)17(19)18-9-3-10-20-12-16-4-2-11-21-16/h2,4-8,11H,3,9-10,12-13H2,1H3,(H,18,19). The van der Waals surface area contributed by atoms with Crippen LogP contribution >= 0.6 is 11.8 Å². The summed E-state index contributed by atoms with van der Waals surface area (Å²) in [5, 5.41) is 2.90. The average molecular weight is 319 g/mol. The van der Waals surface area contributed by atoms with Crippen LogP contribution in [0.4, 0.5) is 0 Å². The molecule has 1 N–H and O–H groups in total. The van der Waals surface area contributed by atoms with Crippen molar-refractivity contribution >= 4 is 17.7 Å². The van der Waals surface area contributed by atoms with Gasteiger partial charge >= 0.3 is 0 Å². The van der Waals surface area contributed by atoms with E-state index in [9.17, 15) is 4.79 Å². The smallest absolute Gasteiger partial charge is 0.251 e. The minimum atomic E-state index is -0.0401. The summed E-state index contributed by atoms with van der Waals surface area (Å²) in [7, 11) is 0. The van der Waals surface area contributed by atoms with E-state index in [1.807, 2.05) is 36.4 Å². The van der Waals surface area contributed by atoms with Gasteiger partial charge in [0.25, 0.3) is 5.91 Å². The molecule has 0 unspecified atom stereocenters. The lowest BCUT2D eigenvalue weighted by Crippen LogP contribution is -2.25. The van der Waals surface area contributed by atoms with Gasteiger partial charge in [-0.3, -0.25) is 4.79 Å². The summed E-state index contributed by atoms with van der Waals surface area (Å²) in [6.45, 7) is 1.66. The van der Waals surface area contributed by atoms with Gasteiger partial charge in [-0.25, -0.2) is 0 Å². The minimum absolute atomic E-state index is 0.0401. The van der Waals surface area contributed by atoms with E-state index in [2.05, 4.69) is 11.6 Å². The summed E-state index contributed by atoms with van der Waals surface area (Å²) in [5.74, 6) is 1.74. The lowest BCUT2D eigenvalue weighted by molar-refractivity contribution is 0.0917. The summed E-state index contributed by atoms with van der Waals surface area (Å²) in [4.78, 5) is 12.0. The van der Waals surface area contributed by atoms with Crippen molar-refractivity contribution in [3.05, 3.63) is 59.5 Å². The highest BCUT2D eigenvalue weighted by molar-refractivity contribution is 7.97. The van der Waals surface area contributed by atoms with Gasteiger partial charge in [-0.2, -0.15) is 11.8 Å². The Kier molecular flexibility index (Phi) is 7.06. The normalized spacial score (nSPS) is 10.6. The molecule has 0 bridgehead atoms. The van der Waals surface area contributed by atoms with E-state index in [0.29, 0.717) is 25.3 Å². The number of thioether (sulfide) groups is 1. The van der Waals surface area contributed by atoms with E-state index >= 15 is 0 Å². The van der Waals surface area contributed by atoms with Crippen molar-refractivity contribution in [2.24, 2.45) is 0 Å². The van der Waals surface area contributed by atoms with Gasteiger partial charge in [-0.1, -0.05) is 12.1 Å². The van der Waals surface area contributed by atoms with E-state index in [0.717, 1.165) is 17.9 Å². The Bertz CT molecular complexity index is 552. The second-order valence-corrected chi connectivity index (χ2v) is 5.74. The molecular weight excluding hydrogens is 298 g/mol.